The molecular formula is C19H25N3O. The van der Waals surface area contributed by atoms with E-state index in [4.69, 9.17) is 0 Å². The van der Waals surface area contributed by atoms with Gasteiger partial charge in [-0.1, -0.05) is 42.5 Å². The molecule has 2 N–H and O–H groups in total. The quantitative estimate of drug-likeness (QED) is 0.860. The Labute approximate surface area is 138 Å². The molecule has 4 nitrogen and oxygen atoms in total. The summed E-state index contributed by atoms with van der Waals surface area (Å²) in [7, 11) is 1.88. The maximum absolute atomic E-state index is 10.8. The van der Waals surface area contributed by atoms with Gasteiger partial charge < -0.3 is 20.2 Å². The second-order valence-electron chi connectivity index (χ2n) is 5.94. The van der Waals surface area contributed by atoms with E-state index in [1.165, 1.54) is 11.4 Å². The highest BCUT2D eigenvalue weighted by atomic mass is 16.3. The topological polar surface area (TPSA) is 38.7 Å². The fourth-order valence-electron chi connectivity index (χ4n) is 3.40. The van der Waals surface area contributed by atoms with Crippen LogP contribution in [0.5, 0.6) is 0 Å². The van der Waals surface area contributed by atoms with Gasteiger partial charge in [-0.05, 0) is 31.7 Å². The normalized spacial score (nSPS) is 16.3. The first kappa shape index (κ1) is 15.8. The van der Waals surface area contributed by atoms with Crippen molar-refractivity contribution in [2.24, 2.45) is 0 Å². The van der Waals surface area contributed by atoms with Crippen LogP contribution < -0.4 is 15.1 Å². The largest absolute Gasteiger partial charge is 0.389 e. The lowest BCUT2D eigenvalue weighted by Gasteiger charge is -2.34. The molecule has 2 atom stereocenters. The molecule has 1 aliphatic heterocycles. The van der Waals surface area contributed by atoms with Crippen LogP contribution in [0.4, 0.5) is 11.4 Å². The van der Waals surface area contributed by atoms with Crippen molar-refractivity contribution in [3.05, 3.63) is 60.2 Å². The lowest BCUT2D eigenvalue weighted by atomic mass is 9.99. The number of rotatable bonds is 6. The Bertz CT molecular complexity index is 632. The number of likely N-dealkylation sites (N-methyl/N-ethyl adjacent to an activating group) is 1. The Balaban J connectivity index is 2.01. The molecular weight excluding hydrogens is 286 g/mol. The summed E-state index contributed by atoms with van der Waals surface area (Å²) in [5, 5.41) is 13.9. The molecule has 0 saturated carbocycles. The lowest BCUT2D eigenvalue weighted by Crippen LogP contribution is -2.42. The summed E-state index contributed by atoms with van der Waals surface area (Å²) in [6, 6.07) is 18.7. The summed E-state index contributed by atoms with van der Waals surface area (Å²) >= 11 is 0. The average Bonchev–Trinajstić information content (AvgIpc) is 2.95. The molecule has 0 aliphatic carbocycles. The van der Waals surface area contributed by atoms with Crippen molar-refractivity contribution in [3.63, 3.8) is 0 Å². The fraction of sp³-hybridized carbons (Fsp3) is 0.368. The van der Waals surface area contributed by atoms with Crippen molar-refractivity contribution in [1.82, 2.24) is 5.32 Å². The van der Waals surface area contributed by atoms with Crippen LogP contribution in [-0.2, 0) is 0 Å². The molecule has 0 unspecified atom stereocenters. The number of benzene rings is 2. The SMILES string of the molecule is CCN1CN([C@@H](c2ccccc2)[C@H](O)CNC)c2ccccc21. The number of para-hydroxylation sites is 2. The Kier molecular flexibility index (Phi) is 4.84. The summed E-state index contributed by atoms with van der Waals surface area (Å²) in [5.74, 6) is 0. The Morgan fingerprint density at radius 1 is 1.04 bits per heavy atom. The first-order valence-corrected chi connectivity index (χ1v) is 8.24. The van der Waals surface area contributed by atoms with Gasteiger partial charge in [0, 0.05) is 13.1 Å². The van der Waals surface area contributed by atoms with E-state index >= 15 is 0 Å². The zero-order valence-electron chi connectivity index (χ0n) is 13.8. The van der Waals surface area contributed by atoms with Crippen LogP contribution in [0.2, 0.25) is 0 Å². The molecule has 122 valence electrons. The zero-order chi connectivity index (χ0) is 16.2. The van der Waals surface area contributed by atoms with Gasteiger partial charge in [-0.15, -0.1) is 0 Å². The molecule has 0 saturated heterocycles. The van der Waals surface area contributed by atoms with Crippen molar-refractivity contribution in [2.45, 2.75) is 19.1 Å². The van der Waals surface area contributed by atoms with Gasteiger partial charge in [-0.25, -0.2) is 0 Å². The molecule has 2 aromatic rings. The number of fused-ring (bicyclic) bond motifs is 1. The van der Waals surface area contributed by atoms with E-state index in [1.54, 1.807) is 0 Å². The fourth-order valence-corrected chi connectivity index (χ4v) is 3.40. The van der Waals surface area contributed by atoms with Crippen LogP contribution in [0, 0.1) is 0 Å². The van der Waals surface area contributed by atoms with Gasteiger partial charge in [0.15, 0.2) is 0 Å². The van der Waals surface area contributed by atoms with Crippen LogP contribution in [0.15, 0.2) is 54.6 Å². The van der Waals surface area contributed by atoms with Gasteiger partial charge in [-0.3, -0.25) is 0 Å². The van der Waals surface area contributed by atoms with E-state index < -0.39 is 6.10 Å². The average molecular weight is 311 g/mol. The molecule has 0 aromatic heterocycles. The highest BCUT2D eigenvalue weighted by Gasteiger charge is 2.34. The number of hydrogen-bond acceptors (Lipinski definition) is 4. The van der Waals surface area contributed by atoms with Crippen molar-refractivity contribution < 1.29 is 5.11 Å². The molecule has 23 heavy (non-hydrogen) atoms. The summed E-state index contributed by atoms with van der Waals surface area (Å²) in [5.41, 5.74) is 3.58. The van der Waals surface area contributed by atoms with E-state index in [0.29, 0.717) is 6.54 Å². The third-order valence-electron chi connectivity index (χ3n) is 4.49. The Hall–Kier alpha value is -2.04. The maximum atomic E-state index is 10.8. The van der Waals surface area contributed by atoms with Gasteiger partial charge in [0.1, 0.15) is 0 Å². The van der Waals surface area contributed by atoms with Gasteiger partial charge in [0.05, 0.1) is 30.2 Å². The minimum Gasteiger partial charge on any atom is -0.389 e. The molecule has 0 radical (unpaired) electrons. The van der Waals surface area contributed by atoms with Crippen molar-refractivity contribution in [1.29, 1.82) is 0 Å². The van der Waals surface area contributed by atoms with Gasteiger partial charge in [-0.2, -0.15) is 0 Å². The molecule has 1 heterocycles. The maximum Gasteiger partial charge on any atom is 0.0911 e. The summed E-state index contributed by atoms with van der Waals surface area (Å²) < 4.78 is 0. The minimum absolute atomic E-state index is 0.0682. The van der Waals surface area contributed by atoms with Gasteiger partial charge in [0.25, 0.3) is 0 Å². The van der Waals surface area contributed by atoms with Crippen molar-refractivity contribution in [2.75, 3.05) is 36.6 Å². The van der Waals surface area contributed by atoms with Crippen molar-refractivity contribution >= 4 is 11.4 Å². The van der Waals surface area contributed by atoms with E-state index in [2.05, 4.69) is 58.4 Å². The van der Waals surface area contributed by atoms with Crippen LogP contribution in [0.3, 0.4) is 0 Å². The third kappa shape index (κ3) is 3.05. The zero-order valence-corrected chi connectivity index (χ0v) is 13.8. The summed E-state index contributed by atoms with van der Waals surface area (Å²) in [6.07, 6.45) is -0.479. The Morgan fingerprint density at radius 3 is 2.35 bits per heavy atom. The van der Waals surface area contributed by atoms with Crippen LogP contribution in [-0.4, -0.2) is 38.0 Å². The summed E-state index contributed by atoms with van der Waals surface area (Å²) in [6.45, 7) is 4.49. The second kappa shape index (κ2) is 7.02. The number of aliphatic hydroxyl groups is 1. The van der Waals surface area contributed by atoms with Crippen LogP contribution in [0.1, 0.15) is 18.5 Å². The minimum atomic E-state index is -0.479. The van der Waals surface area contributed by atoms with Gasteiger partial charge >= 0.3 is 0 Å². The van der Waals surface area contributed by atoms with Crippen LogP contribution in [0.25, 0.3) is 0 Å². The molecule has 1 aliphatic rings. The molecule has 0 bridgehead atoms. The van der Waals surface area contributed by atoms with Gasteiger partial charge in [0.2, 0.25) is 0 Å². The molecule has 2 aromatic carbocycles. The smallest absolute Gasteiger partial charge is 0.0911 e. The molecule has 3 rings (SSSR count). The molecule has 0 amide bonds. The first-order chi connectivity index (χ1) is 11.3. The third-order valence-corrected chi connectivity index (χ3v) is 4.49. The number of anilines is 2. The highest BCUT2D eigenvalue weighted by molar-refractivity contribution is 5.76. The van der Waals surface area contributed by atoms with Crippen LogP contribution >= 0.6 is 0 Å². The molecule has 0 fully saturated rings. The highest BCUT2D eigenvalue weighted by Crippen LogP contribution is 2.41. The number of nitrogens with one attached hydrogen (secondary N) is 1. The number of nitrogens with zero attached hydrogens (tertiary/aromatic N) is 2. The monoisotopic (exact) mass is 311 g/mol. The Morgan fingerprint density at radius 2 is 1.70 bits per heavy atom. The van der Waals surface area contributed by atoms with E-state index in [1.807, 2.05) is 25.2 Å². The second-order valence-corrected chi connectivity index (χ2v) is 5.94. The predicted octanol–water partition coefficient (Wildman–Crippen LogP) is 2.61. The number of hydrogen-bond donors (Lipinski definition) is 2. The molecule has 4 heteroatoms. The van der Waals surface area contributed by atoms with Crippen molar-refractivity contribution in [3.8, 4) is 0 Å². The van der Waals surface area contributed by atoms with E-state index in [-0.39, 0.29) is 6.04 Å². The van der Waals surface area contributed by atoms with E-state index in [9.17, 15) is 5.11 Å². The lowest BCUT2D eigenvalue weighted by molar-refractivity contribution is 0.141. The number of aliphatic hydroxyl groups excluding tert-OH is 1. The first-order valence-electron chi connectivity index (χ1n) is 8.24. The molecule has 0 spiro atoms. The van der Waals surface area contributed by atoms with E-state index in [0.717, 1.165) is 18.8 Å². The predicted molar refractivity (Wildman–Crippen MR) is 95.9 cm³/mol. The standard InChI is InChI=1S/C19H25N3O/c1-3-21-14-22(17-12-8-7-11-16(17)21)19(18(23)13-20-2)15-9-5-4-6-10-15/h4-12,18-20,23H,3,13-14H2,1-2H3/t18-,19+/m1/s1. The summed E-state index contributed by atoms with van der Waals surface area (Å²) in [4.78, 5) is 4.66.